The Morgan fingerprint density at radius 3 is 2.47 bits per heavy atom. The monoisotopic (exact) mass is 342 g/mol. The quantitative estimate of drug-likeness (QED) is 0.639. The molecule has 0 radical (unpaired) electrons. The van der Waals surface area contributed by atoms with Gasteiger partial charge in [0.25, 0.3) is 5.92 Å². The molecule has 0 spiro atoms. The lowest BCUT2D eigenvalue weighted by atomic mass is 9.94. The fraction of sp³-hybridized carbons (Fsp3) is 0.417. The molecule has 2 nitrogen and oxygen atoms in total. The van der Waals surface area contributed by atoms with Gasteiger partial charge in [-0.3, -0.25) is 4.79 Å². The predicted molar refractivity (Wildman–Crippen MR) is 64.0 cm³/mol. The lowest BCUT2D eigenvalue weighted by Gasteiger charge is -2.21. The predicted octanol–water partition coefficient (Wildman–Crippen LogP) is 4.32. The highest BCUT2D eigenvalue weighted by Crippen LogP contribution is 2.38. The first-order valence-corrected chi connectivity index (χ1v) is 6.17. The number of alkyl halides is 2. The summed E-state index contributed by atoms with van der Waals surface area (Å²) >= 11 is 2.69. The summed E-state index contributed by atoms with van der Waals surface area (Å²) in [7, 11) is 0. The largest absolute Gasteiger partial charge is 0.481 e. The summed E-state index contributed by atoms with van der Waals surface area (Å²) < 4.78 is 54.0. The summed E-state index contributed by atoms with van der Waals surface area (Å²) in [5.41, 5.74) is -1.06. The smallest absolute Gasteiger partial charge is 0.303 e. The molecule has 1 atom stereocenters. The average Bonchev–Trinajstić information content (AvgIpc) is 2.20. The van der Waals surface area contributed by atoms with Crippen molar-refractivity contribution in [3.63, 3.8) is 0 Å². The zero-order valence-electron chi connectivity index (χ0n) is 9.89. The standard InChI is InChI=1S/C12H11BrF4O2/c1-6(2-11(18)19)5-12(16,17)7-3-10(15)8(13)4-9(7)14/h3-4,6H,2,5H2,1H3,(H,18,19). The van der Waals surface area contributed by atoms with Gasteiger partial charge in [0.05, 0.1) is 10.0 Å². The van der Waals surface area contributed by atoms with E-state index in [4.69, 9.17) is 5.11 Å². The van der Waals surface area contributed by atoms with Gasteiger partial charge in [0.1, 0.15) is 11.6 Å². The Hall–Kier alpha value is -1.11. The second-order valence-corrected chi connectivity index (χ2v) is 5.21. The molecular formula is C12H11BrF4O2. The van der Waals surface area contributed by atoms with Crippen molar-refractivity contribution in [2.45, 2.75) is 25.7 Å². The molecule has 1 aromatic rings. The highest BCUT2D eigenvalue weighted by Gasteiger charge is 2.37. The van der Waals surface area contributed by atoms with Gasteiger partial charge in [-0.2, -0.15) is 0 Å². The molecule has 0 aromatic heterocycles. The van der Waals surface area contributed by atoms with Crippen LogP contribution in [0.5, 0.6) is 0 Å². The summed E-state index contributed by atoms with van der Waals surface area (Å²) in [6, 6.07) is 1.05. The number of carboxylic acid groups (broad SMARTS) is 1. The third-order valence-corrected chi connectivity index (χ3v) is 3.14. The van der Waals surface area contributed by atoms with Crippen LogP contribution in [0.4, 0.5) is 17.6 Å². The molecule has 0 aliphatic carbocycles. The van der Waals surface area contributed by atoms with E-state index in [1.807, 2.05) is 0 Å². The lowest BCUT2D eigenvalue weighted by molar-refractivity contribution is -0.138. The molecule has 1 N–H and O–H groups in total. The number of benzene rings is 1. The van der Waals surface area contributed by atoms with Crippen LogP contribution in [0.15, 0.2) is 16.6 Å². The van der Waals surface area contributed by atoms with E-state index in [2.05, 4.69) is 15.9 Å². The topological polar surface area (TPSA) is 37.3 Å². The first-order valence-electron chi connectivity index (χ1n) is 5.38. The molecule has 106 valence electrons. The molecule has 0 amide bonds. The van der Waals surface area contributed by atoms with E-state index in [-0.39, 0.29) is 4.47 Å². The van der Waals surface area contributed by atoms with Gasteiger partial charge in [0, 0.05) is 12.8 Å². The SMILES string of the molecule is CC(CC(=O)O)CC(F)(F)c1cc(F)c(Br)cc1F. The molecular weight excluding hydrogens is 332 g/mol. The zero-order chi connectivity index (χ0) is 14.8. The van der Waals surface area contributed by atoms with Crippen LogP contribution in [0.1, 0.15) is 25.3 Å². The third kappa shape index (κ3) is 4.19. The Labute approximate surface area is 115 Å². The van der Waals surface area contributed by atoms with Gasteiger partial charge < -0.3 is 5.11 Å². The van der Waals surface area contributed by atoms with Gasteiger partial charge >= 0.3 is 5.97 Å². The van der Waals surface area contributed by atoms with Gasteiger partial charge in [-0.1, -0.05) is 6.92 Å². The van der Waals surface area contributed by atoms with Gasteiger partial charge in [0.15, 0.2) is 0 Å². The number of rotatable bonds is 5. The van der Waals surface area contributed by atoms with Gasteiger partial charge in [-0.25, -0.2) is 17.6 Å². The van der Waals surface area contributed by atoms with E-state index in [9.17, 15) is 22.4 Å². The molecule has 19 heavy (non-hydrogen) atoms. The Kier molecular flexibility index (Phi) is 4.95. The van der Waals surface area contributed by atoms with Crippen LogP contribution in [0, 0.1) is 17.6 Å². The summed E-state index contributed by atoms with van der Waals surface area (Å²) in [5, 5.41) is 8.50. The van der Waals surface area contributed by atoms with Crippen molar-refractivity contribution in [3.05, 3.63) is 33.8 Å². The first-order chi connectivity index (χ1) is 8.63. The Morgan fingerprint density at radius 2 is 1.95 bits per heavy atom. The summed E-state index contributed by atoms with van der Waals surface area (Å²) in [5.74, 6) is -7.94. The molecule has 0 saturated carbocycles. The molecule has 7 heteroatoms. The molecule has 1 unspecified atom stereocenters. The van der Waals surface area contributed by atoms with Crippen LogP contribution in [0.25, 0.3) is 0 Å². The van der Waals surface area contributed by atoms with Crippen molar-refractivity contribution >= 4 is 21.9 Å². The molecule has 0 saturated heterocycles. The molecule has 1 rings (SSSR count). The van der Waals surface area contributed by atoms with Gasteiger partial charge in [0.2, 0.25) is 0 Å². The number of carboxylic acids is 1. The maximum Gasteiger partial charge on any atom is 0.303 e. The summed E-state index contributed by atoms with van der Waals surface area (Å²) in [6.07, 6.45) is -1.33. The molecule has 0 aliphatic heterocycles. The van der Waals surface area contributed by atoms with Crippen LogP contribution in [-0.2, 0) is 10.7 Å². The van der Waals surface area contributed by atoms with Crippen LogP contribution >= 0.6 is 15.9 Å². The second kappa shape index (κ2) is 5.90. The van der Waals surface area contributed by atoms with Crippen LogP contribution in [0.2, 0.25) is 0 Å². The molecule has 0 fully saturated rings. The summed E-state index contributed by atoms with van der Waals surface area (Å²) in [4.78, 5) is 10.4. The van der Waals surface area contributed by atoms with E-state index >= 15 is 0 Å². The molecule has 1 aromatic carbocycles. The lowest BCUT2D eigenvalue weighted by Crippen LogP contribution is -2.21. The van der Waals surface area contributed by atoms with E-state index in [1.165, 1.54) is 6.92 Å². The Morgan fingerprint density at radius 1 is 1.37 bits per heavy atom. The number of carbonyl (C=O) groups is 1. The van der Waals surface area contributed by atoms with E-state index in [0.29, 0.717) is 12.1 Å². The van der Waals surface area contributed by atoms with Crippen molar-refractivity contribution in [2.75, 3.05) is 0 Å². The van der Waals surface area contributed by atoms with Gasteiger partial charge in [-0.05, 0) is 34.0 Å². The van der Waals surface area contributed by atoms with E-state index in [0.717, 1.165) is 0 Å². The fourth-order valence-corrected chi connectivity index (χ4v) is 2.04. The van der Waals surface area contributed by atoms with Gasteiger partial charge in [-0.15, -0.1) is 0 Å². The van der Waals surface area contributed by atoms with Crippen LogP contribution < -0.4 is 0 Å². The van der Waals surface area contributed by atoms with E-state index < -0.39 is 47.8 Å². The van der Waals surface area contributed by atoms with Crippen molar-refractivity contribution < 1.29 is 27.5 Å². The Bertz CT molecular complexity index is 491. The molecule has 0 aliphatic rings. The molecule has 0 bridgehead atoms. The number of halogens is 5. The minimum atomic E-state index is -3.62. The maximum absolute atomic E-state index is 13.8. The second-order valence-electron chi connectivity index (χ2n) is 4.36. The highest BCUT2D eigenvalue weighted by atomic mass is 79.9. The Balaban J connectivity index is 2.99. The molecule has 0 heterocycles. The van der Waals surface area contributed by atoms with E-state index in [1.54, 1.807) is 0 Å². The maximum atomic E-state index is 13.8. The van der Waals surface area contributed by atoms with Crippen LogP contribution in [0.3, 0.4) is 0 Å². The van der Waals surface area contributed by atoms with Crippen molar-refractivity contribution in [3.8, 4) is 0 Å². The van der Waals surface area contributed by atoms with Crippen molar-refractivity contribution in [1.82, 2.24) is 0 Å². The minimum Gasteiger partial charge on any atom is -0.481 e. The van der Waals surface area contributed by atoms with Crippen molar-refractivity contribution in [1.29, 1.82) is 0 Å². The number of aliphatic carboxylic acids is 1. The minimum absolute atomic E-state index is 0.247. The zero-order valence-corrected chi connectivity index (χ0v) is 11.5. The number of hydrogen-bond donors (Lipinski definition) is 1. The normalized spacial score (nSPS) is 13.4. The third-order valence-electron chi connectivity index (χ3n) is 2.53. The number of hydrogen-bond acceptors (Lipinski definition) is 1. The first kappa shape index (κ1) is 15.9. The van der Waals surface area contributed by atoms with Crippen LogP contribution in [-0.4, -0.2) is 11.1 Å². The highest BCUT2D eigenvalue weighted by molar-refractivity contribution is 9.10. The van der Waals surface area contributed by atoms with Crippen molar-refractivity contribution in [2.24, 2.45) is 5.92 Å². The summed E-state index contributed by atoms with van der Waals surface area (Å²) in [6.45, 7) is 1.31. The fourth-order valence-electron chi connectivity index (χ4n) is 1.72. The average molecular weight is 343 g/mol.